The molecule has 0 spiro atoms. The summed E-state index contributed by atoms with van der Waals surface area (Å²) in [6.45, 7) is 0.553. The number of hydrogen-bond acceptors (Lipinski definition) is 4. The van der Waals surface area contributed by atoms with Gasteiger partial charge in [0, 0.05) is 13.1 Å². The Morgan fingerprint density at radius 2 is 2.25 bits per heavy atom. The molecule has 0 radical (unpaired) electrons. The van der Waals surface area contributed by atoms with Crippen LogP contribution in [0.5, 0.6) is 0 Å². The van der Waals surface area contributed by atoms with Crippen molar-refractivity contribution in [2.45, 2.75) is 19.0 Å². The predicted octanol–water partition coefficient (Wildman–Crippen LogP) is 2.16. The first-order chi connectivity index (χ1) is 9.63. The number of carbonyl (C=O) groups is 1. The SMILES string of the molecule is CN(Cc1nc2ccccc2s1)C(=O)C1C=CC(N)C1. The molecule has 1 heterocycles. The first-order valence-electron chi connectivity index (χ1n) is 6.67. The van der Waals surface area contributed by atoms with E-state index in [2.05, 4.69) is 11.1 Å². The van der Waals surface area contributed by atoms with E-state index in [-0.39, 0.29) is 17.9 Å². The Bertz CT molecular complexity index is 631. The zero-order valence-corrected chi connectivity index (χ0v) is 12.1. The van der Waals surface area contributed by atoms with E-state index < -0.39 is 0 Å². The van der Waals surface area contributed by atoms with Crippen molar-refractivity contribution in [2.24, 2.45) is 11.7 Å². The quantitative estimate of drug-likeness (QED) is 0.880. The van der Waals surface area contributed by atoms with Crippen LogP contribution in [0.1, 0.15) is 11.4 Å². The summed E-state index contributed by atoms with van der Waals surface area (Å²) in [4.78, 5) is 18.6. The molecule has 0 bridgehead atoms. The number of nitrogens with two attached hydrogens (primary N) is 1. The van der Waals surface area contributed by atoms with Crippen LogP contribution in [0.25, 0.3) is 10.2 Å². The van der Waals surface area contributed by atoms with Crippen molar-refractivity contribution in [3.8, 4) is 0 Å². The summed E-state index contributed by atoms with van der Waals surface area (Å²) in [5, 5.41) is 0.966. The molecule has 1 aliphatic carbocycles. The van der Waals surface area contributed by atoms with Crippen LogP contribution in [-0.2, 0) is 11.3 Å². The van der Waals surface area contributed by atoms with E-state index in [1.165, 1.54) is 0 Å². The molecular formula is C15H17N3OS. The van der Waals surface area contributed by atoms with Crippen LogP contribution in [0.15, 0.2) is 36.4 Å². The first kappa shape index (κ1) is 13.3. The average molecular weight is 287 g/mol. The van der Waals surface area contributed by atoms with Gasteiger partial charge in [-0.2, -0.15) is 0 Å². The second kappa shape index (κ2) is 5.34. The van der Waals surface area contributed by atoms with E-state index in [1.807, 2.05) is 37.4 Å². The maximum absolute atomic E-state index is 12.3. The van der Waals surface area contributed by atoms with Crippen LogP contribution in [0, 0.1) is 5.92 Å². The highest BCUT2D eigenvalue weighted by Crippen LogP contribution is 2.24. The molecule has 104 valence electrons. The monoisotopic (exact) mass is 287 g/mol. The topological polar surface area (TPSA) is 59.2 Å². The van der Waals surface area contributed by atoms with Gasteiger partial charge in [0.25, 0.3) is 0 Å². The van der Waals surface area contributed by atoms with Crippen LogP contribution in [-0.4, -0.2) is 28.9 Å². The fourth-order valence-electron chi connectivity index (χ4n) is 2.46. The highest BCUT2D eigenvalue weighted by atomic mass is 32.1. The summed E-state index contributed by atoms with van der Waals surface area (Å²) in [5.41, 5.74) is 6.80. The number of amides is 1. The maximum Gasteiger partial charge on any atom is 0.229 e. The van der Waals surface area contributed by atoms with Crippen molar-refractivity contribution < 1.29 is 4.79 Å². The lowest BCUT2D eigenvalue weighted by molar-refractivity contribution is -0.133. The van der Waals surface area contributed by atoms with Crippen molar-refractivity contribution >= 4 is 27.5 Å². The third kappa shape index (κ3) is 2.59. The molecule has 1 amide bonds. The van der Waals surface area contributed by atoms with E-state index in [1.54, 1.807) is 16.2 Å². The van der Waals surface area contributed by atoms with Crippen molar-refractivity contribution in [3.05, 3.63) is 41.4 Å². The maximum atomic E-state index is 12.3. The molecule has 20 heavy (non-hydrogen) atoms. The van der Waals surface area contributed by atoms with E-state index in [0.717, 1.165) is 15.2 Å². The summed E-state index contributed by atoms with van der Waals surface area (Å²) >= 11 is 1.64. The third-order valence-electron chi connectivity index (χ3n) is 3.52. The van der Waals surface area contributed by atoms with Gasteiger partial charge in [0.15, 0.2) is 0 Å². The van der Waals surface area contributed by atoms with Gasteiger partial charge in [-0.1, -0.05) is 24.3 Å². The van der Waals surface area contributed by atoms with Gasteiger partial charge in [-0.3, -0.25) is 4.79 Å². The van der Waals surface area contributed by atoms with Gasteiger partial charge in [-0.25, -0.2) is 4.98 Å². The normalized spacial score (nSPS) is 21.5. The lowest BCUT2D eigenvalue weighted by Crippen LogP contribution is -2.32. The molecule has 0 saturated carbocycles. The van der Waals surface area contributed by atoms with Crippen molar-refractivity contribution in [1.29, 1.82) is 0 Å². The summed E-state index contributed by atoms with van der Waals surface area (Å²) in [7, 11) is 1.83. The molecule has 2 atom stereocenters. The Hall–Kier alpha value is -1.72. The Kier molecular flexibility index (Phi) is 3.54. The van der Waals surface area contributed by atoms with Crippen LogP contribution in [0.3, 0.4) is 0 Å². The highest BCUT2D eigenvalue weighted by Gasteiger charge is 2.25. The second-order valence-electron chi connectivity index (χ2n) is 5.16. The Morgan fingerprint density at radius 1 is 1.45 bits per heavy atom. The number of aromatic nitrogens is 1. The largest absolute Gasteiger partial charge is 0.338 e. The lowest BCUT2D eigenvalue weighted by Gasteiger charge is -2.19. The number of para-hydroxylation sites is 1. The smallest absolute Gasteiger partial charge is 0.229 e. The van der Waals surface area contributed by atoms with E-state index in [4.69, 9.17) is 5.73 Å². The first-order valence-corrected chi connectivity index (χ1v) is 7.48. The number of hydrogen-bond donors (Lipinski definition) is 1. The van der Waals surface area contributed by atoms with Gasteiger partial charge in [0.1, 0.15) is 5.01 Å². The minimum Gasteiger partial charge on any atom is -0.338 e. The lowest BCUT2D eigenvalue weighted by atomic mass is 10.1. The summed E-state index contributed by atoms with van der Waals surface area (Å²) in [6.07, 6.45) is 4.54. The molecule has 0 saturated heterocycles. The number of carbonyl (C=O) groups excluding carboxylic acids is 1. The molecule has 1 aromatic heterocycles. The Labute approximate surface area is 121 Å². The Morgan fingerprint density at radius 3 is 2.95 bits per heavy atom. The van der Waals surface area contributed by atoms with Gasteiger partial charge < -0.3 is 10.6 Å². The number of thiazole rings is 1. The minimum atomic E-state index is -0.0793. The summed E-state index contributed by atoms with van der Waals surface area (Å²) in [6, 6.07) is 8.04. The van der Waals surface area contributed by atoms with Gasteiger partial charge in [0.05, 0.1) is 22.7 Å². The number of fused-ring (bicyclic) bond motifs is 1. The van der Waals surface area contributed by atoms with Crippen LogP contribution < -0.4 is 5.73 Å². The van der Waals surface area contributed by atoms with Gasteiger partial charge >= 0.3 is 0 Å². The molecular weight excluding hydrogens is 270 g/mol. The standard InChI is InChI=1S/C15H17N3OS/c1-18(15(19)10-6-7-11(16)8-10)9-14-17-12-4-2-3-5-13(12)20-14/h2-7,10-11H,8-9,16H2,1H3. The Balaban J connectivity index is 1.70. The second-order valence-corrected chi connectivity index (χ2v) is 6.28. The fourth-order valence-corrected chi connectivity index (χ4v) is 3.48. The van der Waals surface area contributed by atoms with E-state index in [9.17, 15) is 4.79 Å². The van der Waals surface area contributed by atoms with Crippen molar-refractivity contribution in [3.63, 3.8) is 0 Å². The predicted molar refractivity (Wildman–Crippen MR) is 81.3 cm³/mol. The molecule has 0 aliphatic heterocycles. The summed E-state index contributed by atoms with van der Waals surface area (Å²) < 4.78 is 1.16. The molecule has 2 N–H and O–H groups in total. The average Bonchev–Trinajstić information content (AvgIpc) is 3.03. The molecule has 0 fully saturated rings. The molecule has 2 unspecified atom stereocenters. The molecule has 5 heteroatoms. The zero-order valence-electron chi connectivity index (χ0n) is 11.3. The van der Waals surface area contributed by atoms with Gasteiger partial charge in [-0.15, -0.1) is 11.3 Å². The molecule has 4 nitrogen and oxygen atoms in total. The van der Waals surface area contributed by atoms with E-state index >= 15 is 0 Å². The third-order valence-corrected chi connectivity index (χ3v) is 4.54. The van der Waals surface area contributed by atoms with Crippen LogP contribution >= 0.6 is 11.3 Å². The summed E-state index contributed by atoms with van der Waals surface area (Å²) in [5.74, 6) is 0.0397. The molecule has 1 aliphatic rings. The number of rotatable bonds is 3. The van der Waals surface area contributed by atoms with Crippen LogP contribution in [0.4, 0.5) is 0 Å². The highest BCUT2D eigenvalue weighted by molar-refractivity contribution is 7.18. The van der Waals surface area contributed by atoms with Crippen LogP contribution in [0.2, 0.25) is 0 Å². The minimum absolute atomic E-state index is 0.0137. The fraction of sp³-hybridized carbons (Fsp3) is 0.333. The zero-order chi connectivity index (χ0) is 14.1. The number of benzene rings is 1. The van der Waals surface area contributed by atoms with Crippen molar-refractivity contribution in [1.82, 2.24) is 9.88 Å². The molecule has 1 aromatic carbocycles. The molecule has 3 rings (SSSR count). The molecule has 2 aromatic rings. The van der Waals surface area contributed by atoms with E-state index in [0.29, 0.717) is 13.0 Å². The number of nitrogens with zero attached hydrogens (tertiary/aromatic N) is 2. The van der Waals surface area contributed by atoms with Crippen molar-refractivity contribution in [2.75, 3.05) is 7.05 Å². The van der Waals surface area contributed by atoms with Gasteiger partial charge in [0.2, 0.25) is 5.91 Å². The van der Waals surface area contributed by atoms with Gasteiger partial charge in [-0.05, 0) is 18.6 Å².